The number of fused-ring (bicyclic) bond motifs is 1. The second kappa shape index (κ2) is 7.74. The minimum absolute atomic E-state index is 0.0918. The number of carbonyl (C=O) groups is 2. The third-order valence-electron chi connectivity index (χ3n) is 4.85. The van der Waals surface area contributed by atoms with Gasteiger partial charge in [-0.25, -0.2) is 0 Å². The van der Waals surface area contributed by atoms with Crippen LogP contribution in [0.3, 0.4) is 0 Å². The summed E-state index contributed by atoms with van der Waals surface area (Å²) < 4.78 is 10.4. The van der Waals surface area contributed by atoms with Gasteiger partial charge in [-0.1, -0.05) is 12.8 Å². The molecule has 2 aliphatic rings. The first-order valence-corrected chi connectivity index (χ1v) is 8.68. The Bertz CT molecular complexity index is 627. The van der Waals surface area contributed by atoms with Crippen molar-refractivity contribution in [2.45, 2.75) is 50.2 Å². The second-order valence-corrected chi connectivity index (χ2v) is 6.58. The van der Waals surface area contributed by atoms with E-state index in [0.717, 1.165) is 25.7 Å². The first kappa shape index (κ1) is 17.5. The predicted molar refractivity (Wildman–Crippen MR) is 93.9 cm³/mol. The van der Waals surface area contributed by atoms with E-state index in [9.17, 15) is 9.59 Å². The van der Waals surface area contributed by atoms with Crippen LogP contribution in [0, 0.1) is 0 Å². The molecule has 7 nitrogen and oxygen atoms in total. The molecule has 3 N–H and O–H groups in total. The molecule has 0 bridgehead atoms. The zero-order valence-corrected chi connectivity index (χ0v) is 14.6. The van der Waals surface area contributed by atoms with Crippen LogP contribution in [0.25, 0.3) is 0 Å². The maximum atomic E-state index is 12.4. The third kappa shape index (κ3) is 4.22. The van der Waals surface area contributed by atoms with Crippen molar-refractivity contribution in [3.63, 3.8) is 0 Å². The zero-order chi connectivity index (χ0) is 17.8. The van der Waals surface area contributed by atoms with Gasteiger partial charge in [-0.2, -0.15) is 0 Å². The Morgan fingerprint density at radius 2 is 1.76 bits per heavy atom. The van der Waals surface area contributed by atoms with Gasteiger partial charge >= 0.3 is 0 Å². The molecule has 3 rings (SSSR count). The smallest absolute Gasteiger partial charge is 0.237 e. The second-order valence-electron chi connectivity index (χ2n) is 6.58. The Morgan fingerprint density at radius 3 is 2.40 bits per heavy atom. The lowest BCUT2D eigenvalue weighted by molar-refractivity contribution is -0.129. The number of nitrogens with one attached hydrogen (secondary N) is 3. The normalized spacial score (nSPS) is 25.5. The number of methoxy groups -OCH3 is 2. The Morgan fingerprint density at radius 1 is 1.12 bits per heavy atom. The van der Waals surface area contributed by atoms with E-state index in [-0.39, 0.29) is 30.3 Å². The average Bonchev–Trinajstić information content (AvgIpc) is 2.61. The van der Waals surface area contributed by atoms with Crippen LogP contribution in [0.4, 0.5) is 5.69 Å². The summed E-state index contributed by atoms with van der Waals surface area (Å²) in [7, 11) is 3.11. The highest BCUT2D eigenvalue weighted by Crippen LogP contribution is 2.26. The molecular formula is C18H25N3O4. The highest BCUT2D eigenvalue weighted by atomic mass is 16.5. The molecule has 2 amide bonds. The van der Waals surface area contributed by atoms with Crippen molar-refractivity contribution in [2.24, 2.45) is 0 Å². The van der Waals surface area contributed by atoms with Gasteiger partial charge in [0.2, 0.25) is 11.8 Å². The number of hydrogen-bond donors (Lipinski definition) is 3. The number of carbonyl (C=O) groups excluding carboxylic acids is 2. The largest absolute Gasteiger partial charge is 0.497 e. The van der Waals surface area contributed by atoms with E-state index in [4.69, 9.17) is 9.47 Å². The topological polar surface area (TPSA) is 88.7 Å². The molecule has 7 heteroatoms. The average molecular weight is 347 g/mol. The van der Waals surface area contributed by atoms with Crippen molar-refractivity contribution in [3.05, 3.63) is 18.2 Å². The predicted octanol–water partition coefficient (Wildman–Crippen LogP) is 1.43. The fourth-order valence-electron chi connectivity index (χ4n) is 3.55. The summed E-state index contributed by atoms with van der Waals surface area (Å²) >= 11 is 0. The van der Waals surface area contributed by atoms with Gasteiger partial charge in [-0.15, -0.1) is 0 Å². The summed E-state index contributed by atoms with van der Waals surface area (Å²) in [6, 6.07) is 5.13. The standard InChI is InChI=1S/C18H25N3O4/c1-24-12-7-11(8-13(9-12)25-2)19-17(22)10-16-18(23)21-15-6-4-3-5-14(15)20-16/h7-9,14-16,20H,3-6,10H2,1-2H3,(H,19,22)(H,21,23)/t14-,15+,16+/m0/s1. The van der Waals surface area contributed by atoms with Crippen LogP contribution in [-0.2, 0) is 9.59 Å². The monoisotopic (exact) mass is 347 g/mol. The molecule has 1 aromatic carbocycles. The molecule has 1 aromatic rings. The van der Waals surface area contributed by atoms with Gasteiger partial charge in [-0.05, 0) is 12.8 Å². The minimum atomic E-state index is -0.494. The summed E-state index contributed by atoms with van der Waals surface area (Å²) in [5.41, 5.74) is 0.577. The highest BCUT2D eigenvalue weighted by molar-refractivity contribution is 5.96. The van der Waals surface area contributed by atoms with E-state index >= 15 is 0 Å². The van der Waals surface area contributed by atoms with E-state index < -0.39 is 6.04 Å². The molecule has 0 unspecified atom stereocenters. The molecule has 1 heterocycles. The fourth-order valence-corrected chi connectivity index (χ4v) is 3.55. The molecule has 0 radical (unpaired) electrons. The molecule has 1 aliphatic heterocycles. The molecular weight excluding hydrogens is 322 g/mol. The van der Waals surface area contributed by atoms with E-state index in [1.165, 1.54) is 0 Å². The van der Waals surface area contributed by atoms with Crippen molar-refractivity contribution in [1.82, 2.24) is 10.6 Å². The van der Waals surface area contributed by atoms with E-state index in [2.05, 4.69) is 16.0 Å². The van der Waals surface area contributed by atoms with Gasteiger partial charge in [0.25, 0.3) is 0 Å². The van der Waals surface area contributed by atoms with Crippen LogP contribution in [0.1, 0.15) is 32.1 Å². The van der Waals surface area contributed by atoms with Gasteiger partial charge in [0, 0.05) is 36.0 Å². The van der Waals surface area contributed by atoms with Crippen LogP contribution >= 0.6 is 0 Å². The lowest BCUT2D eigenvalue weighted by atomic mass is 9.87. The van der Waals surface area contributed by atoms with Gasteiger partial charge in [0.15, 0.2) is 0 Å². The van der Waals surface area contributed by atoms with E-state index in [1.54, 1.807) is 32.4 Å². The summed E-state index contributed by atoms with van der Waals surface area (Å²) in [5.74, 6) is 0.861. The number of benzene rings is 1. The lowest BCUT2D eigenvalue weighted by Crippen LogP contribution is -2.65. The Labute approximate surface area is 147 Å². The molecule has 3 atom stereocenters. The van der Waals surface area contributed by atoms with E-state index in [1.807, 2.05) is 0 Å². The quantitative estimate of drug-likeness (QED) is 0.750. The number of hydrogen-bond acceptors (Lipinski definition) is 5. The van der Waals surface area contributed by atoms with Gasteiger partial charge < -0.3 is 25.4 Å². The fraction of sp³-hybridized carbons (Fsp3) is 0.556. The van der Waals surface area contributed by atoms with Gasteiger partial charge in [0.05, 0.1) is 26.7 Å². The number of piperazine rings is 1. The Kier molecular flexibility index (Phi) is 5.43. The Hall–Kier alpha value is -2.28. The number of amides is 2. The summed E-state index contributed by atoms with van der Waals surface area (Å²) in [4.78, 5) is 24.6. The van der Waals surface area contributed by atoms with Crippen LogP contribution in [0.5, 0.6) is 11.5 Å². The number of rotatable bonds is 5. The molecule has 1 saturated heterocycles. The molecule has 2 fully saturated rings. The minimum Gasteiger partial charge on any atom is -0.497 e. The number of ether oxygens (including phenoxy) is 2. The van der Waals surface area contributed by atoms with Crippen molar-refractivity contribution < 1.29 is 19.1 Å². The molecule has 1 aliphatic carbocycles. The maximum Gasteiger partial charge on any atom is 0.237 e. The lowest BCUT2D eigenvalue weighted by Gasteiger charge is -2.40. The van der Waals surface area contributed by atoms with Crippen LogP contribution in [0.15, 0.2) is 18.2 Å². The SMILES string of the molecule is COc1cc(NC(=O)C[C@H]2N[C@H]3CCCC[C@H]3NC2=O)cc(OC)c1. The molecule has 136 valence electrons. The van der Waals surface area contributed by atoms with Crippen molar-refractivity contribution >= 4 is 17.5 Å². The Balaban J connectivity index is 1.61. The maximum absolute atomic E-state index is 12.4. The first-order chi connectivity index (χ1) is 12.1. The molecule has 25 heavy (non-hydrogen) atoms. The highest BCUT2D eigenvalue weighted by Gasteiger charge is 2.36. The van der Waals surface area contributed by atoms with Crippen LogP contribution in [-0.4, -0.2) is 44.2 Å². The molecule has 1 saturated carbocycles. The van der Waals surface area contributed by atoms with Gasteiger partial charge in [-0.3, -0.25) is 9.59 Å². The van der Waals surface area contributed by atoms with Crippen molar-refractivity contribution in [2.75, 3.05) is 19.5 Å². The van der Waals surface area contributed by atoms with Crippen LogP contribution < -0.4 is 25.4 Å². The summed E-state index contributed by atoms with van der Waals surface area (Å²) in [6.07, 6.45) is 4.44. The third-order valence-corrected chi connectivity index (χ3v) is 4.85. The first-order valence-electron chi connectivity index (χ1n) is 8.68. The zero-order valence-electron chi connectivity index (χ0n) is 14.6. The van der Waals surface area contributed by atoms with E-state index in [0.29, 0.717) is 17.2 Å². The summed E-state index contributed by atoms with van der Waals surface area (Å²) in [5, 5.41) is 9.21. The number of anilines is 1. The molecule has 0 spiro atoms. The summed E-state index contributed by atoms with van der Waals surface area (Å²) in [6.45, 7) is 0. The van der Waals surface area contributed by atoms with Crippen molar-refractivity contribution in [3.8, 4) is 11.5 Å². The molecule has 0 aromatic heterocycles. The van der Waals surface area contributed by atoms with Crippen LogP contribution in [0.2, 0.25) is 0 Å². The van der Waals surface area contributed by atoms with Crippen molar-refractivity contribution in [1.29, 1.82) is 0 Å². The van der Waals surface area contributed by atoms with Gasteiger partial charge in [0.1, 0.15) is 11.5 Å².